The summed E-state index contributed by atoms with van der Waals surface area (Å²) in [7, 11) is 1.37. The van der Waals surface area contributed by atoms with Gasteiger partial charge in [0.2, 0.25) is 0 Å². The summed E-state index contributed by atoms with van der Waals surface area (Å²) in [6, 6.07) is 5.71. The molecule has 0 saturated carbocycles. The van der Waals surface area contributed by atoms with Crippen molar-refractivity contribution in [3.8, 4) is 0 Å². The van der Waals surface area contributed by atoms with Gasteiger partial charge in [-0.3, -0.25) is 0 Å². The van der Waals surface area contributed by atoms with E-state index in [0.29, 0.717) is 5.56 Å². The quantitative estimate of drug-likeness (QED) is 0.795. The summed E-state index contributed by atoms with van der Waals surface area (Å²) in [4.78, 5) is 14.4. The number of carbonyl (C=O) groups is 1. The second-order valence-corrected chi connectivity index (χ2v) is 3.80. The van der Waals surface area contributed by atoms with E-state index in [1.165, 1.54) is 7.11 Å². The molecule has 0 atom stereocenters. The van der Waals surface area contributed by atoms with E-state index in [1.54, 1.807) is 6.20 Å². The zero-order valence-electron chi connectivity index (χ0n) is 7.50. The molecule has 72 valence electrons. The molecule has 0 amide bonds. The first-order valence-corrected chi connectivity index (χ1v) is 4.86. The van der Waals surface area contributed by atoms with E-state index in [1.807, 2.05) is 18.2 Å². The summed E-state index contributed by atoms with van der Waals surface area (Å²) in [5, 5.41) is 0.867. The van der Waals surface area contributed by atoms with Crippen molar-refractivity contribution in [1.29, 1.82) is 0 Å². The molecule has 0 aliphatic heterocycles. The lowest BCUT2D eigenvalue weighted by Gasteiger charge is -1.96. The zero-order valence-corrected chi connectivity index (χ0v) is 9.09. The maximum atomic E-state index is 11.3. The number of methoxy groups -OCH3 is 1. The van der Waals surface area contributed by atoms with Gasteiger partial charge in [0.05, 0.1) is 12.7 Å². The molecule has 1 heterocycles. The van der Waals surface area contributed by atoms with Gasteiger partial charge in [0.25, 0.3) is 0 Å². The Labute approximate surface area is 89.2 Å². The highest BCUT2D eigenvalue weighted by atomic mass is 79.9. The van der Waals surface area contributed by atoms with Crippen molar-refractivity contribution in [2.45, 2.75) is 0 Å². The minimum Gasteiger partial charge on any atom is -0.465 e. The van der Waals surface area contributed by atoms with Crippen molar-refractivity contribution in [2.75, 3.05) is 7.11 Å². The smallest absolute Gasteiger partial charge is 0.340 e. The van der Waals surface area contributed by atoms with Crippen molar-refractivity contribution in [3.05, 3.63) is 34.4 Å². The Hall–Kier alpha value is -1.29. The van der Waals surface area contributed by atoms with E-state index in [0.717, 1.165) is 15.4 Å². The van der Waals surface area contributed by atoms with Gasteiger partial charge in [-0.25, -0.2) is 4.79 Å². The Balaban J connectivity index is 2.67. The van der Waals surface area contributed by atoms with Crippen molar-refractivity contribution in [3.63, 3.8) is 0 Å². The number of benzene rings is 1. The van der Waals surface area contributed by atoms with Crippen LogP contribution in [0.5, 0.6) is 0 Å². The van der Waals surface area contributed by atoms with Gasteiger partial charge in [-0.15, -0.1) is 0 Å². The minimum atomic E-state index is -0.325. The summed E-state index contributed by atoms with van der Waals surface area (Å²) >= 11 is 3.36. The molecular formula is C10H8BrNO2. The molecule has 0 unspecified atom stereocenters. The number of esters is 1. The number of fused-ring (bicyclic) bond motifs is 1. The number of carbonyl (C=O) groups excluding carboxylic acids is 1. The number of H-pyrrole nitrogens is 1. The molecule has 0 fully saturated rings. The van der Waals surface area contributed by atoms with Crippen LogP contribution in [0.2, 0.25) is 0 Å². The third kappa shape index (κ3) is 1.42. The van der Waals surface area contributed by atoms with E-state index in [2.05, 4.69) is 25.7 Å². The summed E-state index contributed by atoms with van der Waals surface area (Å²) in [5.41, 5.74) is 1.48. The zero-order chi connectivity index (χ0) is 10.1. The molecule has 1 N–H and O–H groups in total. The third-order valence-corrected chi connectivity index (χ3v) is 2.54. The number of halogens is 1. The van der Waals surface area contributed by atoms with Gasteiger partial charge in [0, 0.05) is 21.6 Å². The lowest BCUT2D eigenvalue weighted by atomic mass is 10.2. The molecule has 0 spiro atoms. The van der Waals surface area contributed by atoms with Crippen LogP contribution in [0.3, 0.4) is 0 Å². The fraction of sp³-hybridized carbons (Fsp3) is 0.100. The normalized spacial score (nSPS) is 10.4. The first-order chi connectivity index (χ1) is 6.72. The highest BCUT2D eigenvalue weighted by Gasteiger charge is 2.11. The van der Waals surface area contributed by atoms with Crippen molar-refractivity contribution < 1.29 is 9.53 Å². The van der Waals surface area contributed by atoms with Crippen LogP contribution in [0, 0.1) is 0 Å². The lowest BCUT2D eigenvalue weighted by Crippen LogP contribution is -1.99. The molecule has 14 heavy (non-hydrogen) atoms. The van der Waals surface area contributed by atoms with Crippen LogP contribution in [-0.2, 0) is 4.74 Å². The maximum absolute atomic E-state index is 11.3. The molecule has 2 aromatic rings. The summed E-state index contributed by atoms with van der Waals surface area (Å²) < 4.78 is 5.61. The van der Waals surface area contributed by atoms with Crippen molar-refractivity contribution in [2.24, 2.45) is 0 Å². The predicted molar refractivity (Wildman–Crippen MR) is 57.3 cm³/mol. The monoisotopic (exact) mass is 253 g/mol. The average Bonchev–Trinajstić information content (AvgIpc) is 2.59. The number of rotatable bonds is 1. The minimum absolute atomic E-state index is 0.325. The number of nitrogens with one attached hydrogen (secondary N) is 1. The highest BCUT2D eigenvalue weighted by molar-refractivity contribution is 9.10. The standard InChI is InChI=1S/C10H8BrNO2/c1-14-10(13)8-5-12-9-3-2-6(11)4-7(8)9/h2-5,12H,1H3. The largest absolute Gasteiger partial charge is 0.465 e. The number of aromatic nitrogens is 1. The SMILES string of the molecule is COC(=O)c1c[nH]c2ccc(Br)cc12. The summed E-state index contributed by atoms with van der Waals surface area (Å²) in [6.45, 7) is 0. The van der Waals surface area contributed by atoms with Crippen LogP contribution >= 0.6 is 15.9 Å². The van der Waals surface area contributed by atoms with Gasteiger partial charge in [-0.2, -0.15) is 0 Å². The Morgan fingerprint density at radius 3 is 3.00 bits per heavy atom. The van der Waals surface area contributed by atoms with Gasteiger partial charge in [-0.1, -0.05) is 15.9 Å². The van der Waals surface area contributed by atoms with E-state index in [4.69, 9.17) is 0 Å². The molecular weight excluding hydrogens is 246 g/mol. The fourth-order valence-corrected chi connectivity index (χ4v) is 1.73. The number of ether oxygens (including phenoxy) is 1. The molecule has 1 aromatic carbocycles. The second kappa shape index (κ2) is 3.46. The van der Waals surface area contributed by atoms with Crippen molar-refractivity contribution in [1.82, 2.24) is 4.98 Å². The third-order valence-electron chi connectivity index (χ3n) is 2.05. The molecule has 0 aliphatic carbocycles. The fourth-order valence-electron chi connectivity index (χ4n) is 1.37. The van der Waals surface area contributed by atoms with Crippen LogP contribution in [0.15, 0.2) is 28.9 Å². The molecule has 2 rings (SSSR count). The number of aromatic amines is 1. The Bertz CT molecular complexity index is 490. The van der Waals surface area contributed by atoms with Gasteiger partial charge in [0.15, 0.2) is 0 Å². The molecule has 3 nitrogen and oxygen atoms in total. The van der Waals surface area contributed by atoms with E-state index < -0.39 is 0 Å². The topological polar surface area (TPSA) is 42.1 Å². The average molecular weight is 254 g/mol. The first kappa shape index (κ1) is 9.27. The molecule has 0 radical (unpaired) electrons. The van der Waals surface area contributed by atoms with Crippen LogP contribution < -0.4 is 0 Å². The van der Waals surface area contributed by atoms with Crippen molar-refractivity contribution >= 4 is 32.8 Å². The predicted octanol–water partition coefficient (Wildman–Crippen LogP) is 2.72. The van der Waals surface area contributed by atoms with Gasteiger partial charge >= 0.3 is 5.97 Å². The molecule has 0 aliphatic rings. The Morgan fingerprint density at radius 1 is 1.50 bits per heavy atom. The summed E-state index contributed by atoms with van der Waals surface area (Å²) in [6.07, 6.45) is 1.66. The molecule has 4 heteroatoms. The van der Waals surface area contributed by atoms with E-state index >= 15 is 0 Å². The first-order valence-electron chi connectivity index (χ1n) is 4.07. The Morgan fingerprint density at radius 2 is 2.29 bits per heavy atom. The molecule has 0 saturated heterocycles. The Kier molecular flexibility index (Phi) is 2.29. The van der Waals surface area contributed by atoms with Crippen LogP contribution in [0.4, 0.5) is 0 Å². The van der Waals surface area contributed by atoms with E-state index in [-0.39, 0.29) is 5.97 Å². The molecule has 1 aromatic heterocycles. The second-order valence-electron chi connectivity index (χ2n) is 2.88. The number of hydrogen-bond acceptors (Lipinski definition) is 2. The van der Waals surface area contributed by atoms with Gasteiger partial charge in [0.1, 0.15) is 0 Å². The highest BCUT2D eigenvalue weighted by Crippen LogP contribution is 2.22. The lowest BCUT2D eigenvalue weighted by molar-refractivity contribution is 0.0603. The van der Waals surface area contributed by atoms with Crippen LogP contribution in [-0.4, -0.2) is 18.1 Å². The van der Waals surface area contributed by atoms with Crippen LogP contribution in [0.1, 0.15) is 10.4 Å². The maximum Gasteiger partial charge on any atom is 0.340 e. The van der Waals surface area contributed by atoms with Crippen LogP contribution in [0.25, 0.3) is 10.9 Å². The van der Waals surface area contributed by atoms with E-state index in [9.17, 15) is 4.79 Å². The molecule has 0 bridgehead atoms. The van der Waals surface area contributed by atoms with Gasteiger partial charge in [-0.05, 0) is 18.2 Å². The number of hydrogen-bond donors (Lipinski definition) is 1. The summed E-state index contributed by atoms with van der Waals surface area (Å²) in [5.74, 6) is -0.325. The van der Waals surface area contributed by atoms with Gasteiger partial charge < -0.3 is 9.72 Å².